The number of hydrogen-bond acceptors (Lipinski definition) is 7. The Balaban J connectivity index is 1.44. The summed E-state index contributed by atoms with van der Waals surface area (Å²) in [5, 5.41) is 7.02. The van der Waals surface area contributed by atoms with E-state index in [0.29, 0.717) is 18.1 Å². The van der Waals surface area contributed by atoms with Crippen LogP contribution in [0.3, 0.4) is 0 Å². The lowest BCUT2D eigenvalue weighted by Gasteiger charge is -2.19. The highest BCUT2D eigenvalue weighted by Crippen LogP contribution is 2.23. The summed E-state index contributed by atoms with van der Waals surface area (Å²) in [7, 11) is 3.51. The Kier molecular flexibility index (Phi) is 6.02. The molecule has 9 nitrogen and oxygen atoms in total. The molecule has 4 aromatic rings. The van der Waals surface area contributed by atoms with Crippen molar-refractivity contribution >= 4 is 5.91 Å². The Morgan fingerprint density at radius 1 is 1.23 bits per heavy atom. The van der Waals surface area contributed by atoms with Crippen molar-refractivity contribution in [2.75, 3.05) is 7.11 Å². The maximum absolute atomic E-state index is 12.7. The first-order valence-corrected chi connectivity index (χ1v) is 9.77. The van der Waals surface area contributed by atoms with Crippen molar-refractivity contribution < 1.29 is 14.1 Å². The van der Waals surface area contributed by atoms with Gasteiger partial charge in [-0.05, 0) is 29.8 Å². The van der Waals surface area contributed by atoms with Crippen LogP contribution >= 0.6 is 0 Å². The van der Waals surface area contributed by atoms with Crippen LogP contribution < -0.4 is 10.1 Å². The molecule has 0 saturated heterocycles. The molecule has 3 heterocycles. The number of ether oxygens (including phenoxy) is 1. The van der Waals surface area contributed by atoms with Gasteiger partial charge in [-0.1, -0.05) is 17.3 Å². The highest BCUT2D eigenvalue weighted by Gasteiger charge is 2.21. The summed E-state index contributed by atoms with van der Waals surface area (Å²) in [6.07, 6.45) is 7.41. The standard InChI is InChI=1S/C22H22N6O3/c1-28-13-12-24-22(28)20(15-5-7-17(30-2)8-6-15)25-18(29)9-10-19-26-21(27-31-19)16-4-3-11-23-14-16/h3-8,11-14,20H,9-10H2,1-2H3,(H,25,29). The molecule has 3 aromatic heterocycles. The topological polar surface area (TPSA) is 108 Å². The fourth-order valence-corrected chi connectivity index (χ4v) is 3.17. The van der Waals surface area contributed by atoms with Crippen LogP contribution in [0.1, 0.15) is 29.7 Å². The van der Waals surface area contributed by atoms with Crippen LogP contribution in [0.15, 0.2) is 65.7 Å². The van der Waals surface area contributed by atoms with E-state index in [1.54, 1.807) is 31.8 Å². The molecule has 0 fully saturated rings. The number of methoxy groups -OCH3 is 1. The molecule has 0 aliphatic carbocycles. The van der Waals surface area contributed by atoms with Crippen molar-refractivity contribution in [3.8, 4) is 17.1 Å². The van der Waals surface area contributed by atoms with Gasteiger partial charge >= 0.3 is 0 Å². The fourth-order valence-electron chi connectivity index (χ4n) is 3.17. The van der Waals surface area contributed by atoms with E-state index in [9.17, 15) is 4.79 Å². The van der Waals surface area contributed by atoms with Crippen molar-refractivity contribution in [2.24, 2.45) is 7.05 Å². The molecule has 0 spiro atoms. The molecule has 31 heavy (non-hydrogen) atoms. The van der Waals surface area contributed by atoms with E-state index >= 15 is 0 Å². The molecule has 1 N–H and O–H groups in total. The van der Waals surface area contributed by atoms with E-state index in [0.717, 1.165) is 22.7 Å². The Bertz CT molecular complexity index is 1140. The van der Waals surface area contributed by atoms with Gasteiger partial charge in [0.05, 0.1) is 7.11 Å². The number of imidazole rings is 1. The molecule has 1 aromatic carbocycles. The maximum Gasteiger partial charge on any atom is 0.227 e. The summed E-state index contributed by atoms with van der Waals surface area (Å²) in [5.41, 5.74) is 1.66. The van der Waals surface area contributed by atoms with Crippen molar-refractivity contribution in [2.45, 2.75) is 18.9 Å². The molecule has 0 aliphatic heterocycles. The van der Waals surface area contributed by atoms with Gasteiger partial charge in [-0.2, -0.15) is 4.98 Å². The summed E-state index contributed by atoms with van der Waals surface area (Å²) < 4.78 is 12.4. The number of benzene rings is 1. The average molecular weight is 418 g/mol. The van der Waals surface area contributed by atoms with Gasteiger partial charge in [0.15, 0.2) is 0 Å². The number of carbonyl (C=O) groups is 1. The average Bonchev–Trinajstić information content (AvgIpc) is 3.46. The van der Waals surface area contributed by atoms with E-state index in [4.69, 9.17) is 9.26 Å². The zero-order chi connectivity index (χ0) is 21.6. The summed E-state index contributed by atoms with van der Waals surface area (Å²) in [5.74, 6) is 2.18. The Morgan fingerprint density at radius 3 is 2.74 bits per heavy atom. The highest BCUT2D eigenvalue weighted by molar-refractivity contribution is 5.77. The van der Waals surface area contributed by atoms with Gasteiger partial charge in [0.25, 0.3) is 0 Å². The first-order valence-electron chi connectivity index (χ1n) is 9.77. The third-order valence-corrected chi connectivity index (χ3v) is 4.82. The molecule has 158 valence electrons. The molecule has 0 radical (unpaired) electrons. The first-order chi connectivity index (χ1) is 15.1. The van der Waals surface area contributed by atoms with Crippen LogP contribution in [0.2, 0.25) is 0 Å². The molecular weight excluding hydrogens is 396 g/mol. The molecular formula is C22H22N6O3. The molecule has 1 atom stereocenters. The minimum absolute atomic E-state index is 0.148. The number of pyridine rings is 1. The second kappa shape index (κ2) is 9.21. The Labute approximate surface area is 179 Å². The highest BCUT2D eigenvalue weighted by atomic mass is 16.5. The number of aromatic nitrogens is 5. The number of nitrogens with zero attached hydrogens (tertiary/aromatic N) is 5. The molecule has 1 amide bonds. The van der Waals surface area contributed by atoms with E-state index < -0.39 is 6.04 Å². The van der Waals surface area contributed by atoms with Crippen molar-refractivity contribution in [3.63, 3.8) is 0 Å². The normalized spacial score (nSPS) is 11.8. The maximum atomic E-state index is 12.7. The van der Waals surface area contributed by atoms with Gasteiger partial charge < -0.3 is 19.1 Å². The molecule has 0 saturated carbocycles. The predicted octanol–water partition coefficient (Wildman–Crippen LogP) is 2.71. The van der Waals surface area contributed by atoms with Gasteiger partial charge in [-0.15, -0.1) is 0 Å². The van der Waals surface area contributed by atoms with Gasteiger partial charge in [0, 0.05) is 50.2 Å². The van der Waals surface area contributed by atoms with Gasteiger partial charge in [-0.25, -0.2) is 4.98 Å². The third-order valence-electron chi connectivity index (χ3n) is 4.82. The lowest BCUT2D eigenvalue weighted by Crippen LogP contribution is -2.31. The quantitative estimate of drug-likeness (QED) is 0.469. The SMILES string of the molecule is COc1ccc(C(NC(=O)CCc2nc(-c3cccnc3)no2)c2nccn2C)cc1. The summed E-state index contributed by atoms with van der Waals surface area (Å²) in [4.78, 5) is 25.5. The zero-order valence-corrected chi connectivity index (χ0v) is 17.2. The van der Waals surface area contributed by atoms with E-state index in [1.165, 1.54) is 0 Å². The smallest absolute Gasteiger partial charge is 0.227 e. The lowest BCUT2D eigenvalue weighted by molar-refractivity contribution is -0.121. The zero-order valence-electron chi connectivity index (χ0n) is 17.2. The number of rotatable bonds is 8. The van der Waals surface area contributed by atoms with Crippen LogP contribution in [0.25, 0.3) is 11.4 Å². The molecule has 9 heteroatoms. The lowest BCUT2D eigenvalue weighted by atomic mass is 10.1. The first kappa shape index (κ1) is 20.3. The summed E-state index contributed by atoms with van der Waals surface area (Å²) in [6, 6.07) is 10.8. The number of nitrogens with one attached hydrogen (secondary N) is 1. The van der Waals surface area contributed by atoms with Crippen molar-refractivity contribution in [1.82, 2.24) is 30.0 Å². The molecule has 1 unspecified atom stereocenters. The molecule has 0 bridgehead atoms. The van der Waals surface area contributed by atoms with Crippen molar-refractivity contribution in [1.29, 1.82) is 0 Å². The second-order valence-electron chi connectivity index (χ2n) is 6.92. The summed E-state index contributed by atoms with van der Waals surface area (Å²) in [6.45, 7) is 0. The van der Waals surface area contributed by atoms with Gasteiger partial charge in [-0.3, -0.25) is 9.78 Å². The molecule has 4 rings (SSSR count). The number of carbonyl (C=O) groups excluding carboxylic acids is 1. The van der Waals surface area contributed by atoms with E-state index in [2.05, 4.69) is 25.4 Å². The van der Waals surface area contributed by atoms with Crippen LogP contribution in [0.5, 0.6) is 5.75 Å². The van der Waals surface area contributed by atoms with E-state index in [1.807, 2.05) is 48.1 Å². The Morgan fingerprint density at radius 2 is 2.06 bits per heavy atom. The van der Waals surface area contributed by atoms with Crippen LogP contribution in [-0.4, -0.2) is 37.7 Å². The Hall–Kier alpha value is -4.01. The monoisotopic (exact) mass is 418 g/mol. The summed E-state index contributed by atoms with van der Waals surface area (Å²) >= 11 is 0. The van der Waals surface area contributed by atoms with Gasteiger partial charge in [0.2, 0.25) is 17.6 Å². The second-order valence-corrected chi connectivity index (χ2v) is 6.92. The number of hydrogen-bond donors (Lipinski definition) is 1. The minimum Gasteiger partial charge on any atom is -0.497 e. The molecule has 0 aliphatic rings. The largest absolute Gasteiger partial charge is 0.497 e. The van der Waals surface area contributed by atoms with Gasteiger partial charge in [0.1, 0.15) is 17.6 Å². The number of aryl methyl sites for hydroxylation is 2. The number of amides is 1. The van der Waals surface area contributed by atoms with E-state index in [-0.39, 0.29) is 12.3 Å². The third kappa shape index (κ3) is 4.77. The van der Waals surface area contributed by atoms with Crippen LogP contribution in [0, 0.1) is 0 Å². The van der Waals surface area contributed by atoms with Crippen LogP contribution in [0.4, 0.5) is 0 Å². The van der Waals surface area contributed by atoms with Crippen molar-refractivity contribution in [3.05, 3.63) is 78.5 Å². The predicted molar refractivity (Wildman–Crippen MR) is 112 cm³/mol. The fraction of sp³-hybridized carbons (Fsp3) is 0.227. The minimum atomic E-state index is -0.396. The van der Waals surface area contributed by atoms with Crippen LogP contribution in [-0.2, 0) is 18.3 Å².